The van der Waals surface area contributed by atoms with Crippen molar-refractivity contribution in [3.8, 4) is 11.1 Å². The summed E-state index contributed by atoms with van der Waals surface area (Å²) in [6, 6.07) is 8.31. The summed E-state index contributed by atoms with van der Waals surface area (Å²) in [5.74, 6) is -2.04. The fourth-order valence-corrected chi connectivity index (χ4v) is 2.64. The molecule has 2 nitrogen and oxygen atoms in total. The highest BCUT2D eigenvalue weighted by atomic mass is 35.5. The Morgan fingerprint density at radius 2 is 1.81 bits per heavy atom. The summed E-state index contributed by atoms with van der Waals surface area (Å²) in [7, 11) is 0. The van der Waals surface area contributed by atoms with Crippen LogP contribution in [0, 0.1) is 11.6 Å². The lowest BCUT2D eigenvalue weighted by atomic mass is 9.93. The second-order valence-electron chi connectivity index (χ2n) is 5.21. The first-order valence-corrected chi connectivity index (χ1v) is 6.81. The zero-order chi connectivity index (χ0) is 15.2. The molecule has 0 aliphatic heterocycles. The van der Waals surface area contributed by atoms with Gasteiger partial charge in [-0.2, -0.15) is 0 Å². The number of rotatable bonds is 3. The molecule has 0 unspecified atom stereocenters. The fraction of sp³-hybridized carbons (Fsp3) is 0.188. The molecule has 1 aliphatic carbocycles. The molecule has 1 N–H and O–H groups in total. The zero-order valence-corrected chi connectivity index (χ0v) is 11.6. The maximum Gasteiger partial charge on any atom is 0.314 e. The quantitative estimate of drug-likeness (QED) is 0.912. The van der Waals surface area contributed by atoms with Crippen molar-refractivity contribution >= 4 is 17.6 Å². The summed E-state index contributed by atoms with van der Waals surface area (Å²) < 4.78 is 27.4. The van der Waals surface area contributed by atoms with Crippen LogP contribution in [0.4, 0.5) is 8.78 Å². The molecule has 0 aromatic heterocycles. The number of carboxylic acids is 1. The SMILES string of the molecule is O=C(O)C1(c2ccc(-c3ccc(F)c(Cl)c3)c(F)c2)CC1. The van der Waals surface area contributed by atoms with Crippen LogP contribution in [0.15, 0.2) is 36.4 Å². The van der Waals surface area contributed by atoms with Crippen molar-refractivity contribution in [1.82, 2.24) is 0 Å². The van der Waals surface area contributed by atoms with Crippen molar-refractivity contribution in [3.05, 3.63) is 58.6 Å². The summed E-state index contributed by atoms with van der Waals surface area (Å²) in [6.07, 6.45) is 1.03. The van der Waals surface area contributed by atoms with Gasteiger partial charge in [-0.05, 0) is 42.2 Å². The lowest BCUT2D eigenvalue weighted by Gasteiger charge is -2.12. The minimum absolute atomic E-state index is 0.0832. The Hall–Kier alpha value is -1.94. The Morgan fingerprint density at radius 1 is 1.10 bits per heavy atom. The third kappa shape index (κ3) is 2.29. The van der Waals surface area contributed by atoms with Crippen LogP contribution >= 0.6 is 11.6 Å². The van der Waals surface area contributed by atoms with E-state index in [4.69, 9.17) is 11.6 Å². The maximum absolute atomic E-state index is 14.3. The number of aliphatic carboxylic acids is 1. The third-order valence-corrected chi connectivity index (χ3v) is 4.20. The van der Waals surface area contributed by atoms with E-state index >= 15 is 0 Å². The highest BCUT2D eigenvalue weighted by Gasteiger charge is 2.51. The number of benzene rings is 2. The Bertz CT molecular complexity index is 739. The third-order valence-electron chi connectivity index (χ3n) is 3.91. The Morgan fingerprint density at radius 3 is 2.33 bits per heavy atom. The second kappa shape index (κ2) is 4.81. The first-order chi connectivity index (χ1) is 9.94. The van der Waals surface area contributed by atoms with Crippen molar-refractivity contribution < 1.29 is 18.7 Å². The summed E-state index contributed by atoms with van der Waals surface area (Å²) >= 11 is 5.70. The van der Waals surface area contributed by atoms with E-state index in [-0.39, 0.29) is 10.6 Å². The van der Waals surface area contributed by atoms with Crippen LogP contribution in [-0.4, -0.2) is 11.1 Å². The predicted octanol–water partition coefficient (Wildman–Crippen LogP) is 4.40. The molecular weight excluding hydrogens is 298 g/mol. The van der Waals surface area contributed by atoms with Gasteiger partial charge in [0.1, 0.15) is 11.6 Å². The van der Waals surface area contributed by atoms with Gasteiger partial charge in [-0.15, -0.1) is 0 Å². The van der Waals surface area contributed by atoms with Gasteiger partial charge in [-0.3, -0.25) is 4.79 Å². The van der Waals surface area contributed by atoms with E-state index in [1.165, 1.54) is 30.3 Å². The first kappa shape index (κ1) is 14.0. The molecule has 0 bridgehead atoms. The molecule has 108 valence electrons. The molecule has 21 heavy (non-hydrogen) atoms. The lowest BCUT2D eigenvalue weighted by molar-refractivity contribution is -0.140. The van der Waals surface area contributed by atoms with E-state index in [1.54, 1.807) is 6.07 Å². The van der Waals surface area contributed by atoms with Gasteiger partial charge in [0.15, 0.2) is 0 Å². The van der Waals surface area contributed by atoms with Gasteiger partial charge in [0.05, 0.1) is 10.4 Å². The normalized spacial score (nSPS) is 15.8. The number of carboxylic acid groups (broad SMARTS) is 1. The van der Waals surface area contributed by atoms with E-state index in [2.05, 4.69) is 0 Å². The van der Waals surface area contributed by atoms with Crippen LogP contribution in [0.25, 0.3) is 11.1 Å². The lowest BCUT2D eigenvalue weighted by Crippen LogP contribution is -2.19. The molecule has 5 heteroatoms. The fourth-order valence-electron chi connectivity index (χ4n) is 2.46. The van der Waals surface area contributed by atoms with Crippen LogP contribution in [0.2, 0.25) is 5.02 Å². The highest BCUT2D eigenvalue weighted by Crippen LogP contribution is 2.49. The topological polar surface area (TPSA) is 37.3 Å². The standard InChI is InChI=1S/C16H11ClF2O2/c17-12-7-9(1-4-13(12)18)11-3-2-10(8-14(11)19)16(5-6-16)15(20)21/h1-4,7-8H,5-6H2,(H,20,21). The Labute approximate surface area is 125 Å². The maximum atomic E-state index is 14.3. The van der Waals surface area contributed by atoms with Crippen LogP contribution in [0.3, 0.4) is 0 Å². The van der Waals surface area contributed by atoms with Crippen molar-refractivity contribution in [2.45, 2.75) is 18.3 Å². The van der Waals surface area contributed by atoms with Gasteiger partial charge >= 0.3 is 5.97 Å². The minimum atomic E-state index is -0.945. The average molecular weight is 309 g/mol. The van der Waals surface area contributed by atoms with Crippen molar-refractivity contribution in [1.29, 1.82) is 0 Å². The molecule has 0 atom stereocenters. The molecule has 0 spiro atoms. The first-order valence-electron chi connectivity index (χ1n) is 6.43. The summed E-state index contributed by atoms with van der Waals surface area (Å²) in [6.45, 7) is 0. The van der Waals surface area contributed by atoms with E-state index in [1.807, 2.05) is 0 Å². The van der Waals surface area contributed by atoms with Gasteiger partial charge in [-0.1, -0.05) is 29.8 Å². The summed E-state index contributed by atoms with van der Waals surface area (Å²) in [5.41, 5.74) is 0.233. The van der Waals surface area contributed by atoms with E-state index in [0.29, 0.717) is 24.0 Å². The zero-order valence-electron chi connectivity index (χ0n) is 10.9. The predicted molar refractivity (Wildman–Crippen MR) is 75.4 cm³/mol. The molecule has 0 saturated heterocycles. The molecule has 2 aromatic rings. The average Bonchev–Trinajstić information content (AvgIpc) is 3.23. The van der Waals surface area contributed by atoms with Crippen molar-refractivity contribution in [3.63, 3.8) is 0 Å². The van der Waals surface area contributed by atoms with Crippen LogP contribution in [-0.2, 0) is 10.2 Å². The molecule has 3 rings (SSSR count). The van der Waals surface area contributed by atoms with Gasteiger partial charge < -0.3 is 5.11 Å². The smallest absolute Gasteiger partial charge is 0.314 e. The number of hydrogen-bond donors (Lipinski definition) is 1. The molecule has 0 amide bonds. The largest absolute Gasteiger partial charge is 0.481 e. The monoisotopic (exact) mass is 308 g/mol. The molecule has 2 aromatic carbocycles. The highest BCUT2D eigenvalue weighted by molar-refractivity contribution is 6.31. The second-order valence-corrected chi connectivity index (χ2v) is 5.62. The van der Waals surface area contributed by atoms with E-state index in [9.17, 15) is 18.7 Å². The summed E-state index contributed by atoms with van der Waals surface area (Å²) in [5, 5.41) is 9.14. The van der Waals surface area contributed by atoms with Gasteiger partial charge in [0.2, 0.25) is 0 Å². The van der Waals surface area contributed by atoms with Gasteiger partial charge in [-0.25, -0.2) is 8.78 Å². The number of carbonyl (C=O) groups is 1. The van der Waals surface area contributed by atoms with Crippen LogP contribution in [0.5, 0.6) is 0 Å². The Balaban J connectivity index is 2.02. The van der Waals surface area contributed by atoms with Crippen LogP contribution in [0.1, 0.15) is 18.4 Å². The molecule has 1 aliphatic rings. The van der Waals surface area contributed by atoms with Gasteiger partial charge in [0, 0.05) is 5.56 Å². The molecule has 0 heterocycles. The van der Waals surface area contributed by atoms with Gasteiger partial charge in [0.25, 0.3) is 0 Å². The van der Waals surface area contributed by atoms with E-state index < -0.39 is 23.0 Å². The molecule has 1 saturated carbocycles. The summed E-state index contributed by atoms with van der Waals surface area (Å²) in [4.78, 5) is 11.3. The number of halogens is 3. The van der Waals surface area contributed by atoms with Crippen LogP contribution < -0.4 is 0 Å². The van der Waals surface area contributed by atoms with E-state index in [0.717, 1.165) is 0 Å². The van der Waals surface area contributed by atoms with Crippen molar-refractivity contribution in [2.24, 2.45) is 0 Å². The Kier molecular flexibility index (Phi) is 3.21. The van der Waals surface area contributed by atoms with Crippen molar-refractivity contribution in [2.75, 3.05) is 0 Å². The molecular formula is C16H11ClF2O2. The minimum Gasteiger partial charge on any atom is -0.481 e. The molecule has 0 radical (unpaired) electrons. The number of hydrogen-bond acceptors (Lipinski definition) is 1. The molecule has 1 fully saturated rings.